The molecular weight excluding hydrogens is 410 g/mol. The highest BCUT2D eigenvalue weighted by Crippen LogP contribution is 2.29. The highest BCUT2D eigenvalue weighted by Gasteiger charge is 2.37. The molecule has 0 fully saturated rings. The summed E-state index contributed by atoms with van der Waals surface area (Å²) in [6.07, 6.45) is -1.18. The van der Waals surface area contributed by atoms with Crippen LogP contribution in [0.3, 0.4) is 0 Å². The maximum absolute atomic E-state index is 12.4. The zero-order valence-electron chi connectivity index (χ0n) is 13.1. The molecule has 8 heteroatoms. The average molecular weight is 424 g/mol. The van der Waals surface area contributed by atoms with Crippen LogP contribution >= 0.6 is 15.9 Å². The van der Waals surface area contributed by atoms with Crippen LogP contribution in [0.2, 0.25) is 0 Å². The lowest BCUT2D eigenvalue weighted by Gasteiger charge is -2.13. The van der Waals surface area contributed by atoms with Gasteiger partial charge in [-0.1, -0.05) is 35.9 Å². The molecule has 130 valence electrons. The van der Waals surface area contributed by atoms with Crippen molar-refractivity contribution in [1.82, 2.24) is 4.72 Å². The van der Waals surface area contributed by atoms with Gasteiger partial charge in [-0.25, -0.2) is 13.2 Å². The SMILES string of the molecule is Cc1ccc(S(=O)(=O)NC2OC(=O)C(Oc3ccccc3)=C2Br)cc1. The van der Waals surface area contributed by atoms with Gasteiger partial charge in [0.15, 0.2) is 0 Å². The van der Waals surface area contributed by atoms with Crippen LogP contribution < -0.4 is 9.46 Å². The number of benzene rings is 2. The third-order valence-corrected chi connectivity index (χ3v) is 5.61. The molecule has 6 nitrogen and oxygen atoms in total. The molecule has 0 saturated carbocycles. The molecule has 0 amide bonds. The summed E-state index contributed by atoms with van der Waals surface area (Å²) in [5.41, 5.74) is 0.936. The number of carbonyl (C=O) groups excluding carboxylic acids is 1. The van der Waals surface area contributed by atoms with E-state index in [9.17, 15) is 13.2 Å². The largest absolute Gasteiger partial charge is 0.449 e. The number of cyclic esters (lactones) is 1. The molecule has 0 aliphatic carbocycles. The van der Waals surface area contributed by atoms with Gasteiger partial charge in [-0.15, -0.1) is 0 Å². The number of rotatable bonds is 5. The predicted molar refractivity (Wildman–Crippen MR) is 94.4 cm³/mol. The molecule has 25 heavy (non-hydrogen) atoms. The number of hydrogen-bond acceptors (Lipinski definition) is 5. The fourth-order valence-electron chi connectivity index (χ4n) is 2.13. The number of aryl methyl sites for hydroxylation is 1. The number of nitrogens with one attached hydrogen (secondary N) is 1. The van der Waals surface area contributed by atoms with Gasteiger partial charge in [-0.3, -0.25) is 0 Å². The fourth-order valence-corrected chi connectivity index (χ4v) is 3.81. The molecule has 1 aliphatic heterocycles. The third-order valence-electron chi connectivity index (χ3n) is 3.41. The van der Waals surface area contributed by atoms with Crippen LogP contribution in [-0.4, -0.2) is 20.6 Å². The summed E-state index contributed by atoms with van der Waals surface area (Å²) in [7, 11) is -3.86. The lowest BCUT2D eigenvalue weighted by atomic mass is 10.2. The van der Waals surface area contributed by atoms with Gasteiger partial charge in [0.05, 0.1) is 4.90 Å². The van der Waals surface area contributed by atoms with E-state index in [1.54, 1.807) is 36.4 Å². The Balaban J connectivity index is 1.81. The van der Waals surface area contributed by atoms with Crippen LogP contribution in [0.5, 0.6) is 5.75 Å². The first-order valence-electron chi connectivity index (χ1n) is 7.29. The standard InChI is InChI=1S/C17H14BrNO5S/c1-11-7-9-13(10-8-11)25(21,22)19-16-14(18)15(17(20)24-16)23-12-5-3-2-4-6-12/h2-10,16,19H,1H3. The topological polar surface area (TPSA) is 81.7 Å². The van der Waals surface area contributed by atoms with E-state index in [2.05, 4.69) is 20.7 Å². The summed E-state index contributed by atoms with van der Waals surface area (Å²) < 4.78 is 37.9. The van der Waals surface area contributed by atoms with E-state index in [0.29, 0.717) is 5.75 Å². The summed E-state index contributed by atoms with van der Waals surface area (Å²) >= 11 is 3.19. The molecule has 1 aliphatic rings. The number of ether oxygens (including phenoxy) is 2. The molecular formula is C17H14BrNO5S. The number of para-hydroxylation sites is 1. The summed E-state index contributed by atoms with van der Waals surface area (Å²) in [6, 6.07) is 15.0. The summed E-state index contributed by atoms with van der Waals surface area (Å²) in [4.78, 5) is 12.1. The Morgan fingerprint density at radius 3 is 2.36 bits per heavy atom. The average Bonchev–Trinajstić information content (AvgIpc) is 2.83. The van der Waals surface area contributed by atoms with Crippen molar-refractivity contribution in [2.75, 3.05) is 0 Å². The molecule has 0 bridgehead atoms. The second-order valence-corrected chi connectivity index (χ2v) is 7.88. The highest BCUT2D eigenvalue weighted by atomic mass is 79.9. The molecule has 1 N–H and O–H groups in total. The van der Waals surface area contributed by atoms with Crippen LogP contribution in [0.1, 0.15) is 5.56 Å². The van der Waals surface area contributed by atoms with Crippen molar-refractivity contribution in [2.24, 2.45) is 0 Å². The van der Waals surface area contributed by atoms with E-state index in [0.717, 1.165) is 5.56 Å². The molecule has 0 aromatic heterocycles. The van der Waals surface area contributed by atoms with Gasteiger partial charge in [-0.05, 0) is 47.1 Å². The number of esters is 1. The Labute approximate surface area is 153 Å². The van der Waals surface area contributed by atoms with E-state index in [1.165, 1.54) is 12.1 Å². The Morgan fingerprint density at radius 1 is 1.08 bits per heavy atom. The van der Waals surface area contributed by atoms with E-state index < -0.39 is 22.2 Å². The second-order valence-electron chi connectivity index (χ2n) is 5.31. The predicted octanol–water partition coefficient (Wildman–Crippen LogP) is 2.84. The molecule has 2 aromatic carbocycles. The number of sulfonamides is 1. The van der Waals surface area contributed by atoms with Crippen molar-refractivity contribution in [3.8, 4) is 5.75 Å². The zero-order chi connectivity index (χ0) is 18.0. The van der Waals surface area contributed by atoms with Gasteiger partial charge < -0.3 is 9.47 Å². The molecule has 1 atom stereocenters. The van der Waals surface area contributed by atoms with Crippen molar-refractivity contribution in [2.45, 2.75) is 18.0 Å². The molecule has 2 aromatic rings. The van der Waals surface area contributed by atoms with Gasteiger partial charge >= 0.3 is 5.97 Å². The zero-order valence-corrected chi connectivity index (χ0v) is 15.5. The van der Waals surface area contributed by atoms with Gasteiger partial charge in [0.2, 0.25) is 22.0 Å². The normalized spacial score (nSPS) is 17.5. The molecule has 3 rings (SSSR count). The Bertz CT molecular complexity index is 923. The second kappa shape index (κ2) is 6.99. The molecule has 0 spiro atoms. The quantitative estimate of drug-likeness (QED) is 0.747. The lowest BCUT2D eigenvalue weighted by molar-refractivity contribution is -0.141. The molecule has 1 heterocycles. The van der Waals surface area contributed by atoms with E-state index in [-0.39, 0.29) is 15.1 Å². The van der Waals surface area contributed by atoms with Crippen molar-refractivity contribution in [1.29, 1.82) is 0 Å². The fraction of sp³-hybridized carbons (Fsp3) is 0.118. The van der Waals surface area contributed by atoms with Gasteiger partial charge in [0.25, 0.3) is 0 Å². The van der Waals surface area contributed by atoms with Gasteiger partial charge in [-0.2, -0.15) is 4.72 Å². The van der Waals surface area contributed by atoms with E-state index in [1.807, 2.05) is 13.0 Å². The maximum Gasteiger partial charge on any atom is 0.377 e. The van der Waals surface area contributed by atoms with Crippen LogP contribution in [0, 0.1) is 6.92 Å². The summed E-state index contributed by atoms with van der Waals surface area (Å²) in [5.74, 6) is -0.413. The summed E-state index contributed by atoms with van der Waals surface area (Å²) in [6.45, 7) is 1.86. The Hall–Kier alpha value is -2.16. The van der Waals surface area contributed by atoms with Gasteiger partial charge in [0.1, 0.15) is 10.2 Å². The number of carbonyl (C=O) groups is 1. The first-order chi connectivity index (χ1) is 11.9. The number of halogens is 1. The van der Waals surface area contributed by atoms with Gasteiger partial charge in [0, 0.05) is 0 Å². The van der Waals surface area contributed by atoms with Crippen LogP contribution in [0.4, 0.5) is 0 Å². The first kappa shape index (κ1) is 17.7. The molecule has 1 unspecified atom stereocenters. The maximum atomic E-state index is 12.4. The van der Waals surface area contributed by atoms with Crippen LogP contribution in [0.25, 0.3) is 0 Å². The minimum Gasteiger partial charge on any atom is -0.449 e. The Kier molecular flexibility index (Phi) is 4.94. The van der Waals surface area contributed by atoms with Crippen molar-refractivity contribution in [3.63, 3.8) is 0 Å². The van der Waals surface area contributed by atoms with Crippen molar-refractivity contribution < 1.29 is 22.7 Å². The highest BCUT2D eigenvalue weighted by molar-refractivity contribution is 9.11. The first-order valence-corrected chi connectivity index (χ1v) is 9.57. The number of hydrogen-bond donors (Lipinski definition) is 1. The van der Waals surface area contributed by atoms with Crippen molar-refractivity contribution in [3.05, 3.63) is 70.4 Å². The van der Waals surface area contributed by atoms with Crippen molar-refractivity contribution >= 4 is 31.9 Å². The van der Waals surface area contributed by atoms with E-state index in [4.69, 9.17) is 9.47 Å². The van der Waals surface area contributed by atoms with E-state index >= 15 is 0 Å². The minimum atomic E-state index is -3.86. The smallest absolute Gasteiger partial charge is 0.377 e. The summed E-state index contributed by atoms with van der Waals surface area (Å²) in [5, 5.41) is 0. The monoisotopic (exact) mass is 423 g/mol. The molecule has 0 radical (unpaired) electrons. The minimum absolute atomic E-state index is 0.0758. The third kappa shape index (κ3) is 3.92. The Morgan fingerprint density at radius 2 is 1.72 bits per heavy atom. The lowest BCUT2D eigenvalue weighted by Crippen LogP contribution is -2.35. The van der Waals surface area contributed by atoms with Crippen LogP contribution in [0.15, 0.2) is 69.7 Å². The molecule has 0 saturated heterocycles. The van der Waals surface area contributed by atoms with Crippen LogP contribution in [-0.2, 0) is 19.6 Å².